The molecule has 0 unspecified atom stereocenters. The van der Waals surface area contributed by atoms with E-state index in [0.717, 1.165) is 51.4 Å². The van der Waals surface area contributed by atoms with Crippen LogP contribution in [0.3, 0.4) is 0 Å². The molecule has 0 radical (unpaired) electrons. The maximum Gasteiger partial charge on any atom is 0.308 e. The van der Waals surface area contributed by atoms with Crippen molar-refractivity contribution >= 4 is 11.9 Å². The topological polar surface area (TPSA) is 52.6 Å². The summed E-state index contributed by atoms with van der Waals surface area (Å²) in [7, 11) is 0. The normalized spacial score (nSPS) is 17.6. The molecule has 0 saturated heterocycles. The molecule has 0 spiro atoms. The molecule has 37 heavy (non-hydrogen) atoms. The van der Waals surface area contributed by atoms with Crippen LogP contribution in [0.25, 0.3) is 0 Å². The van der Waals surface area contributed by atoms with Gasteiger partial charge in [0.1, 0.15) is 0 Å². The third kappa shape index (κ3) is 19.6. The van der Waals surface area contributed by atoms with Gasteiger partial charge in [-0.2, -0.15) is 0 Å². The summed E-state index contributed by atoms with van der Waals surface area (Å²) in [5, 5.41) is 0. The Morgan fingerprint density at radius 1 is 0.432 bits per heavy atom. The predicted octanol–water partition coefficient (Wildman–Crippen LogP) is 10.1. The van der Waals surface area contributed by atoms with E-state index in [2.05, 4.69) is 13.8 Å². The zero-order chi connectivity index (χ0) is 26.8. The lowest BCUT2D eigenvalue weighted by molar-refractivity contribution is -0.155. The average molecular weight is 523 g/mol. The van der Waals surface area contributed by atoms with E-state index >= 15 is 0 Å². The maximum atomic E-state index is 12.4. The maximum absolute atomic E-state index is 12.4. The van der Waals surface area contributed by atoms with E-state index in [9.17, 15) is 9.59 Å². The second kappa shape index (κ2) is 25.2. The van der Waals surface area contributed by atoms with Gasteiger partial charge in [-0.1, -0.05) is 136 Å². The zero-order valence-electron chi connectivity index (χ0n) is 24.9. The van der Waals surface area contributed by atoms with Gasteiger partial charge in [0.15, 0.2) is 0 Å². The molecule has 4 nitrogen and oxygen atoms in total. The molecule has 0 N–H and O–H groups in total. The summed E-state index contributed by atoms with van der Waals surface area (Å²) in [6.45, 7) is 5.63. The third-order valence-electron chi connectivity index (χ3n) is 8.13. The standard InChI is InChI=1S/C33H62O4/c1-3-5-7-9-11-13-15-17-19-21-23-29-37-33(35)31-26-24-30(25-27-31)32(34)36-28-22-20-18-16-14-12-10-8-6-4-2/h30-31H,3-29H2,1-2H3. The highest BCUT2D eigenvalue weighted by Gasteiger charge is 2.31. The molecule has 0 aromatic heterocycles. The smallest absolute Gasteiger partial charge is 0.308 e. The lowest BCUT2D eigenvalue weighted by atomic mass is 9.82. The van der Waals surface area contributed by atoms with Crippen LogP contribution >= 0.6 is 0 Å². The Balaban J connectivity index is 1.92. The molecule has 0 amide bonds. The lowest BCUT2D eigenvalue weighted by Gasteiger charge is -2.26. The zero-order valence-corrected chi connectivity index (χ0v) is 24.9. The van der Waals surface area contributed by atoms with Crippen molar-refractivity contribution in [2.75, 3.05) is 13.2 Å². The van der Waals surface area contributed by atoms with Crippen LogP contribution in [-0.2, 0) is 19.1 Å². The van der Waals surface area contributed by atoms with Gasteiger partial charge in [0.2, 0.25) is 0 Å². The van der Waals surface area contributed by atoms with E-state index in [0.29, 0.717) is 13.2 Å². The van der Waals surface area contributed by atoms with Gasteiger partial charge < -0.3 is 9.47 Å². The first-order chi connectivity index (χ1) is 18.2. The summed E-state index contributed by atoms with van der Waals surface area (Å²) in [5.41, 5.74) is 0. The number of rotatable bonds is 25. The average Bonchev–Trinajstić information content (AvgIpc) is 2.92. The number of carbonyl (C=O) groups is 2. The number of esters is 2. The van der Waals surface area contributed by atoms with Crippen molar-refractivity contribution in [2.24, 2.45) is 11.8 Å². The Morgan fingerprint density at radius 2 is 0.676 bits per heavy atom. The molecule has 1 aliphatic carbocycles. The van der Waals surface area contributed by atoms with Gasteiger partial charge in [0, 0.05) is 0 Å². The van der Waals surface area contributed by atoms with Crippen LogP contribution < -0.4 is 0 Å². The number of hydrogen-bond donors (Lipinski definition) is 0. The van der Waals surface area contributed by atoms with Crippen LogP contribution in [0.15, 0.2) is 0 Å². The van der Waals surface area contributed by atoms with E-state index in [-0.39, 0.29) is 23.8 Å². The number of hydrogen-bond acceptors (Lipinski definition) is 4. The minimum Gasteiger partial charge on any atom is -0.465 e. The molecule has 0 bridgehead atoms. The Hall–Kier alpha value is -1.06. The number of carbonyl (C=O) groups excluding carboxylic acids is 2. The largest absolute Gasteiger partial charge is 0.465 e. The van der Waals surface area contributed by atoms with Crippen LogP contribution in [0.2, 0.25) is 0 Å². The molecule has 0 aromatic rings. The summed E-state index contributed by atoms with van der Waals surface area (Å²) in [4.78, 5) is 24.8. The first-order valence-corrected chi connectivity index (χ1v) is 16.5. The fourth-order valence-electron chi connectivity index (χ4n) is 5.50. The molecule has 0 aliphatic heterocycles. The fourth-order valence-corrected chi connectivity index (χ4v) is 5.50. The highest BCUT2D eigenvalue weighted by atomic mass is 16.5. The first kappa shape index (κ1) is 34.0. The van der Waals surface area contributed by atoms with Gasteiger partial charge in [-0.25, -0.2) is 0 Å². The second-order valence-corrected chi connectivity index (χ2v) is 11.6. The van der Waals surface area contributed by atoms with Crippen LogP contribution in [0, 0.1) is 11.8 Å². The minimum atomic E-state index is -0.0521. The second-order valence-electron chi connectivity index (χ2n) is 11.6. The van der Waals surface area contributed by atoms with Crippen molar-refractivity contribution in [3.05, 3.63) is 0 Å². The quantitative estimate of drug-likeness (QED) is 0.0884. The first-order valence-electron chi connectivity index (χ1n) is 16.5. The molecule has 1 aliphatic rings. The fraction of sp³-hybridized carbons (Fsp3) is 0.939. The summed E-state index contributed by atoms with van der Waals surface area (Å²) in [6.07, 6.45) is 30.1. The Morgan fingerprint density at radius 3 is 0.946 bits per heavy atom. The van der Waals surface area contributed by atoms with Gasteiger partial charge in [0.05, 0.1) is 25.0 Å². The van der Waals surface area contributed by atoms with Crippen LogP contribution in [0.4, 0.5) is 0 Å². The van der Waals surface area contributed by atoms with E-state index in [4.69, 9.17) is 9.47 Å². The number of ether oxygens (including phenoxy) is 2. The van der Waals surface area contributed by atoms with Crippen molar-refractivity contribution in [3.8, 4) is 0 Å². The molecule has 218 valence electrons. The minimum absolute atomic E-state index is 0.0289. The van der Waals surface area contributed by atoms with Crippen molar-refractivity contribution in [1.82, 2.24) is 0 Å². The van der Waals surface area contributed by atoms with Gasteiger partial charge in [-0.15, -0.1) is 0 Å². The van der Waals surface area contributed by atoms with Gasteiger partial charge in [-0.3, -0.25) is 9.59 Å². The van der Waals surface area contributed by atoms with Crippen molar-refractivity contribution in [3.63, 3.8) is 0 Å². The summed E-state index contributed by atoms with van der Waals surface area (Å²) in [6, 6.07) is 0. The van der Waals surface area contributed by atoms with Crippen molar-refractivity contribution in [2.45, 2.75) is 174 Å². The van der Waals surface area contributed by atoms with Crippen LogP contribution in [0.1, 0.15) is 174 Å². The van der Waals surface area contributed by atoms with E-state index < -0.39 is 0 Å². The molecular formula is C33H62O4. The van der Waals surface area contributed by atoms with Crippen LogP contribution in [-0.4, -0.2) is 25.2 Å². The Kier molecular flexibility index (Phi) is 23.2. The van der Waals surface area contributed by atoms with E-state index in [1.54, 1.807) is 0 Å². The van der Waals surface area contributed by atoms with Gasteiger partial charge in [0.25, 0.3) is 0 Å². The summed E-state index contributed by atoms with van der Waals surface area (Å²) in [5.74, 6) is -0.162. The summed E-state index contributed by atoms with van der Waals surface area (Å²) >= 11 is 0. The van der Waals surface area contributed by atoms with Crippen LogP contribution in [0.5, 0.6) is 0 Å². The Labute approximate surface area is 230 Å². The van der Waals surface area contributed by atoms with E-state index in [1.165, 1.54) is 109 Å². The third-order valence-corrected chi connectivity index (χ3v) is 8.13. The molecule has 0 atom stereocenters. The van der Waals surface area contributed by atoms with Crippen molar-refractivity contribution in [1.29, 1.82) is 0 Å². The summed E-state index contributed by atoms with van der Waals surface area (Å²) < 4.78 is 11.1. The Bertz CT molecular complexity index is 524. The molecule has 0 aromatic carbocycles. The van der Waals surface area contributed by atoms with Gasteiger partial charge >= 0.3 is 11.9 Å². The SMILES string of the molecule is CCCCCCCCCCCCCOC(=O)C1CCC(C(=O)OCCCCCCCCCCCC)CC1. The molecule has 1 saturated carbocycles. The molecule has 1 fully saturated rings. The van der Waals surface area contributed by atoms with Crippen molar-refractivity contribution < 1.29 is 19.1 Å². The van der Waals surface area contributed by atoms with E-state index in [1.807, 2.05) is 0 Å². The molecule has 0 heterocycles. The van der Waals surface area contributed by atoms with Gasteiger partial charge in [-0.05, 0) is 38.5 Å². The monoisotopic (exact) mass is 522 g/mol. The highest BCUT2D eigenvalue weighted by molar-refractivity contribution is 5.75. The molecule has 4 heteroatoms. The predicted molar refractivity (Wildman–Crippen MR) is 156 cm³/mol. The number of unbranched alkanes of at least 4 members (excludes halogenated alkanes) is 19. The molecular weight excluding hydrogens is 460 g/mol. The molecule has 1 rings (SSSR count). The highest BCUT2D eigenvalue weighted by Crippen LogP contribution is 2.30. The lowest BCUT2D eigenvalue weighted by Crippen LogP contribution is -2.28.